The van der Waals surface area contributed by atoms with Gasteiger partial charge in [0.15, 0.2) is 0 Å². The highest BCUT2D eigenvalue weighted by molar-refractivity contribution is 7.93. The van der Waals surface area contributed by atoms with Crippen LogP contribution in [-0.2, 0) is 30.6 Å². The minimum atomic E-state index is -4.59. The number of hydrogen-bond acceptors (Lipinski definition) is 6. The summed E-state index contributed by atoms with van der Waals surface area (Å²) in [6.07, 6.45) is 3.72. The summed E-state index contributed by atoms with van der Waals surface area (Å²) < 4.78 is 28.8. The topological polar surface area (TPSA) is 130 Å². The first kappa shape index (κ1) is 26.2. The number of fused-ring (bicyclic) bond motifs is 1. The normalized spacial score (nSPS) is 26.2. The average Bonchev–Trinajstić information content (AvgIpc) is 3.65. The van der Waals surface area contributed by atoms with Crippen LogP contribution >= 0.6 is 34.8 Å². The van der Waals surface area contributed by atoms with Gasteiger partial charge in [-0.25, -0.2) is 8.42 Å². The van der Waals surface area contributed by atoms with E-state index in [0.717, 1.165) is 4.90 Å². The van der Waals surface area contributed by atoms with Crippen LogP contribution < -0.4 is 11.1 Å². The van der Waals surface area contributed by atoms with Crippen molar-refractivity contribution in [3.8, 4) is 0 Å². The van der Waals surface area contributed by atoms with Gasteiger partial charge in [-0.05, 0) is 48.7 Å². The van der Waals surface area contributed by atoms with Gasteiger partial charge in [0.2, 0.25) is 32.6 Å². The Morgan fingerprint density at radius 3 is 2.43 bits per heavy atom. The lowest BCUT2D eigenvalue weighted by molar-refractivity contribution is -0.163. The summed E-state index contributed by atoms with van der Waals surface area (Å²) in [7, 11) is -4.59. The molecule has 2 saturated heterocycles. The molecule has 0 spiro atoms. The van der Waals surface area contributed by atoms with Gasteiger partial charge in [0.05, 0.1) is 16.5 Å². The van der Waals surface area contributed by atoms with Crippen molar-refractivity contribution in [3.05, 3.63) is 69.5 Å². The lowest BCUT2D eigenvalue weighted by atomic mass is 9.96. The van der Waals surface area contributed by atoms with Crippen LogP contribution in [-0.4, -0.2) is 65.6 Å². The number of hydrogen-bond donors (Lipinski definition) is 2. The molecule has 1 saturated carbocycles. The quantitative estimate of drug-likeness (QED) is 0.536. The Morgan fingerprint density at radius 2 is 1.81 bits per heavy atom. The molecule has 13 heteroatoms. The second-order valence-electron chi connectivity index (χ2n) is 9.21. The minimum absolute atomic E-state index is 0.0232. The number of nitrogens with two attached hydrogens (primary N) is 1. The number of halogens is 3. The van der Waals surface area contributed by atoms with E-state index >= 15 is 0 Å². The molecule has 194 valence electrons. The zero-order valence-corrected chi connectivity index (χ0v) is 22.2. The lowest BCUT2D eigenvalue weighted by Crippen LogP contribution is -2.83. The molecule has 1 aliphatic carbocycles. The molecule has 2 heterocycles. The van der Waals surface area contributed by atoms with Gasteiger partial charge >= 0.3 is 0 Å². The second kappa shape index (κ2) is 9.43. The predicted octanol–water partition coefficient (Wildman–Crippen LogP) is 2.06. The van der Waals surface area contributed by atoms with E-state index in [2.05, 4.69) is 11.7 Å². The summed E-state index contributed by atoms with van der Waals surface area (Å²) in [5.74, 6) is -2.34. The third-order valence-corrected chi connectivity index (χ3v) is 9.89. The smallest absolute Gasteiger partial charge is 0.246 e. The summed E-state index contributed by atoms with van der Waals surface area (Å²) in [5.41, 5.74) is 6.10. The number of nitrogens with zero attached hydrogens (tertiary/aromatic N) is 2. The van der Waals surface area contributed by atoms with E-state index in [1.165, 1.54) is 23.1 Å². The third kappa shape index (κ3) is 4.48. The van der Waals surface area contributed by atoms with Gasteiger partial charge in [0.1, 0.15) is 18.5 Å². The first-order chi connectivity index (χ1) is 17.4. The van der Waals surface area contributed by atoms with E-state index in [-0.39, 0.29) is 27.4 Å². The van der Waals surface area contributed by atoms with Crippen LogP contribution in [0.25, 0.3) is 0 Å². The molecular weight excluding hydrogens is 563 g/mol. The monoisotopic (exact) mass is 582 g/mol. The number of benzene rings is 2. The van der Waals surface area contributed by atoms with Crippen LogP contribution in [0, 0.1) is 6.42 Å². The molecule has 3 N–H and O–H groups in total. The molecule has 3 unspecified atom stereocenters. The maximum Gasteiger partial charge on any atom is 0.246 e. The molecule has 2 aromatic rings. The van der Waals surface area contributed by atoms with E-state index in [4.69, 9.17) is 40.5 Å². The minimum Gasteiger partial charge on any atom is -0.368 e. The molecule has 3 fully saturated rings. The Labute approximate surface area is 228 Å². The Kier molecular flexibility index (Phi) is 6.69. The maximum absolute atomic E-state index is 14.4. The van der Waals surface area contributed by atoms with Crippen molar-refractivity contribution in [2.45, 2.75) is 47.3 Å². The number of amides is 3. The van der Waals surface area contributed by atoms with Gasteiger partial charge in [-0.15, -0.1) is 0 Å². The van der Waals surface area contributed by atoms with Crippen LogP contribution in [0.4, 0.5) is 0 Å². The molecule has 2 aromatic carbocycles. The largest absolute Gasteiger partial charge is 0.368 e. The molecule has 3 aliphatic rings. The Balaban J connectivity index is 1.71. The fraction of sp³-hybridized carbons (Fsp3) is 0.333. The summed E-state index contributed by atoms with van der Waals surface area (Å²) in [5, 5.41) is 3.21. The van der Waals surface area contributed by atoms with E-state index < -0.39 is 51.2 Å². The Morgan fingerprint density at radius 1 is 1.11 bits per heavy atom. The number of nitrogens with one attached hydrogen (secondary N) is 1. The van der Waals surface area contributed by atoms with Crippen LogP contribution in [0.1, 0.15) is 18.4 Å². The number of primary amides is 1. The Bertz CT molecular complexity index is 1420. The Hall–Kier alpha value is -2.37. The standard InChI is InChI=1S/C24H21Cl3N4O5S/c25-14-3-1-2-13(8-14)9-19-23(34)30(16-5-6-16)12-24(29-18(22(28)33)11-21(32)31(19)24)37(35,36)20-7-4-15(26)10-17(20)27/h1-4,7-8,10,16,18-19,29H,5-6,9,12H2,(H2,28,33). The molecule has 2 radical (unpaired) electrons. The fourth-order valence-corrected chi connectivity index (χ4v) is 7.79. The van der Waals surface area contributed by atoms with Crippen molar-refractivity contribution in [2.75, 3.05) is 6.54 Å². The fourth-order valence-electron chi connectivity index (χ4n) is 4.88. The number of piperazine rings is 1. The first-order valence-electron chi connectivity index (χ1n) is 11.4. The molecule has 5 rings (SSSR count). The molecule has 9 nitrogen and oxygen atoms in total. The van der Waals surface area contributed by atoms with Crippen molar-refractivity contribution >= 4 is 62.4 Å². The van der Waals surface area contributed by atoms with E-state index in [1.54, 1.807) is 24.3 Å². The second-order valence-corrected chi connectivity index (χ2v) is 12.6. The van der Waals surface area contributed by atoms with Crippen LogP contribution in [0.15, 0.2) is 47.4 Å². The molecule has 3 atom stereocenters. The molecule has 0 bridgehead atoms. The summed E-state index contributed by atoms with van der Waals surface area (Å²) >= 11 is 18.5. The van der Waals surface area contributed by atoms with Gasteiger partial charge in [-0.2, -0.15) is 0 Å². The van der Waals surface area contributed by atoms with Gasteiger partial charge in [-0.3, -0.25) is 24.6 Å². The maximum atomic E-state index is 14.4. The van der Waals surface area contributed by atoms with Gasteiger partial charge in [-0.1, -0.05) is 46.9 Å². The highest BCUT2D eigenvalue weighted by Crippen LogP contribution is 2.43. The average molecular weight is 584 g/mol. The van der Waals surface area contributed by atoms with Gasteiger partial charge < -0.3 is 10.6 Å². The zero-order valence-electron chi connectivity index (χ0n) is 19.2. The molecule has 3 amide bonds. The summed E-state index contributed by atoms with van der Waals surface area (Å²) in [6.45, 7) is -0.430. The van der Waals surface area contributed by atoms with Crippen molar-refractivity contribution in [1.82, 2.24) is 15.1 Å². The number of carbonyl (C=O) groups excluding carboxylic acids is 3. The molecular formula is C24H21Cl3N4O5S. The lowest BCUT2D eigenvalue weighted by Gasteiger charge is -2.56. The number of rotatable bonds is 6. The van der Waals surface area contributed by atoms with Crippen molar-refractivity contribution in [1.29, 1.82) is 0 Å². The zero-order chi connectivity index (χ0) is 26.7. The van der Waals surface area contributed by atoms with Crippen LogP contribution in [0.3, 0.4) is 0 Å². The summed E-state index contributed by atoms with van der Waals surface area (Å²) in [6, 6.07) is 7.59. The van der Waals surface area contributed by atoms with E-state index in [9.17, 15) is 22.8 Å². The van der Waals surface area contributed by atoms with E-state index in [1.807, 2.05) is 0 Å². The van der Waals surface area contributed by atoms with Crippen molar-refractivity contribution in [3.63, 3.8) is 0 Å². The summed E-state index contributed by atoms with van der Waals surface area (Å²) in [4.78, 5) is 39.3. The van der Waals surface area contributed by atoms with Crippen LogP contribution in [0.5, 0.6) is 0 Å². The number of sulfone groups is 1. The molecule has 37 heavy (non-hydrogen) atoms. The van der Waals surface area contributed by atoms with Crippen molar-refractivity contribution < 1.29 is 22.8 Å². The highest BCUT2D eigenvalue weighted by Gasteiger charge is 2.65. The highest BCUT2D eigenvalue weighted by atomic mass is 35.5. The predicted molar refractivity (Wildman–Crippen MR) is 136 cm³/mol. The first-order valence-corrected chi connectivity index (χ1v) is 14.0. The molecule has 2 aliphatic heterocycles. The van der Waals surface area contributed by atoms with Gasteiger partial charge in [0, 0.05) is 22.5 Å². The van der Waals surface area contributed by atoms with Crippen molar-refractivity contribution in [2.24, 2.45) is 5.73 Å². The molecule has 0 aromatic heterocycles. The van der Waals surface area contributed by atoms with Gasteiger partial charge in [0.25, 0.3) is 0 Å². The van der Waals surface area contributed by atoms with Crippen LogP contribution in [0.2, 0.25) is 15.1 Å². The van der Waals surface area contributed by atoms with E-state index in [0.29, 0.717) is 23.4 Å². The SMILES string of the molecule is NC(=O)C1[C]C(=O)N2C(Cc3cccc(Cl)c3)C(=O)N(C3CC3)CC2(S(=O)(=O)c2ccc(Cl)cc2Cl)N1. The third-order valence-electron chi connectivity index (χ3n) is 6.73. The number of carbonyl (C=O) groups is 3.